The Kier molecular flexibility index (Phi) is 9.84. The largest absolute Gasteiger partial charge is 0.384 e. The molecule has 3 atom stereocenters. The van der Waals surface area contributed by atoms with Crippen molar-refractivity contribution in [2.24, 2.45) is 10.9 Å². The minimum Gasteiger partial charge on any atom is -0.384 e. The van der Waals surface area contributed by atoms with Crippen LogP contribution in [0.4, 0.5) is 0 Å². The van der Waals surface area contributed by atoms with Crippen LogP contribution in [0.1, 0.15) is 49.2 Å². The maximum absolute atomic E-state index is 14.2. The van der Waals surface area contributed by atoms with Crippen LogP contribution in [0.15, 0.2) is 96.4 Å². The van der Waals surface area contributed by atoms with Crippen LogP contribution in [0.25, 0.3) is 5.70 Å². The third-order valence-corrected chi connectivity index (χ3v) is 9.05. The molecule has 0 saturated carbocycles. The molecule has 0 aliphatic carbocycles. The topological polar surface area (TPSA) is 115 Å². The number of thioether (sulfide) groups is 1. The molecule has 3 heterocycles. The first-order chi connectivity index (χ1) is 21.5. The van der Waals surface area contributed by atoms with Gasteiger partial charge in [-0.3, -0.25) is 29.3 Å². The minimum atomic E-state index is -1.02. The van der Waals surface area contributed by atoms with E-state index in [1.165, 1.54) is 27.8 Å². The van der Waals surface area contributed by atoms with Gasteiger partial charge in [-0.05, 0) is 49.4 Å². The lowest BCUT2D eigenvalue weighted by Gasteiger charge is -2.41. The fourth-order valence-corrected chi connectivity index (χ4v) is 6.67. The SMILES string of the molecule is CC(C)C1C(=O)N(CC(=O)N[C@@H](Cc2ccccc2)C(O)C2=NCC(C)(C)S2)C(c2ccccc2)=CN1C(=O)c1cccnc1. The summed E-state index contributed by atoms with van der Waals surface area (Å²) < 4.78 is -0.141. The van der Waals surface area contributed by atoms with E-state index in [-0.39, 0.29) is 29.0 Å². The summed E-state index contributed by atoms with van der Waals surface area (Å²) in [5.74, 6) is -1.39. The molecule has 2 aromatic carbocycles. The van der Waals surface area contributed by atoms with Crippen LogP contribution in [0.2, 0.25) is 0 Å². The molecule has 10 heteroatoms. The minimum absolute atomic E-state index is 0.141. The Bertz CT molecular complexity index is 1580. The molecule has 5 rings (SSSR count). The third kappa shape index (κ3) is 7.51. The number of amides is 3. The lowest BCUT2D eigenvalue weighted by atomic mass is 9.96. The van der Waals surface area contributed by atoms with Gasteiger partial charge in [-0.15, -0.1) is 11.8 Å². The number of pyridine rings is 1. The smallest absolute Gasteiger partial charge is 0.260 e. The molecule has 2 aliphatic rings. The van der Waals surface area contributed by atoms with Crippen LogP contribution in [0, 0.1) is 5.92 Å². The number of aliphatic imine (C=N–C) groups is 1. The Morgan fingerprint density at radius 3 is 2.33 bits per heavy atom. The van der Waals surface area contributed by atoms with Crippen LogP contribution in [-0.4, -0.2) is 78.7 Å². The number of carbonyl (C=O) groups is 3. The predicted molar refractivity (Wildman–Crippen MR) is 177 cm³/mol. The zero-order chi connectivity index (χ0) is 32.1. The number of hydrogen-bond donors (Lipinski definition) is 2. The van der Waals surface area contributed by atoms with Gasteiger partial charge in [0, 0.05) is 23.3 Å². The Balaban J connectivity index is 1.45. The monoisotopic (exact) mass is 625 g/mol. The summed E-state index contributed by atoms with van der Waals surface area (Å²) in [5.41, 5.74) is 2.43. The molecule has 2 unspecified atom stereocenters. The number of aromatic nitrogens is 1. The van der Waals surface area contributed by atoms with Crippen LogP contribution in [0.5, 0.6) is 0 Å². The summed E-state index contributed by atoms with van der Waals surface area (Å²) in [7, 11) is 0. The van der Waals surface area contributed by atoms with E-state index in [0.717, 1.165) is 5.56 Å². The predicted octanol–water partition coefficient (Wildman–Crippen LogP) is 4.40. The van der Waals surface area contributed by atoms with Gasteiger partial charge in [0.05, 0.1) is 28.9 Å². The van der Waals surface area contributed by atoms with Crippen molar-refractivity contribution in [1.82, 2.24) is 20.1 Å². The number of aliphatic hydroxyl groups excluding tert-OH is 1. The molecule has 0 saturated heterocycles. The van der Waals surface area contributed by atoms with E-state index in [0.29, 0.717) is 34.8 Å². The van der Waals surface area contributed by atoms with Gasteiger partial charge in [0.25, 0.3) is 11.8 Å². The van der Waals surface area contributed by atoms with E-state index < -0.39 is 24.1 Å². The molecule has 2 aliphatic heterocycles. The summed E-state index contributed by atoms with van der Waals surface area (Å²) in [6.45, 7) is 8.17. The molecule has 0 bridgehead atoms. The zero-order valence-corrected chi connectivity index (χ0v) is 26.8. The molecule has 45 heavy (non-hydrogen) atoms. The Morgan fingerprint density at radius 1 is 1.04 bits per heavy atom. The fraction of sp³-hybridized carbons (Fsp3) is 0.343. The molecule has 0 radical (unpaired) electrons. The van der Waals surface area contributed by atoms with Gasteiger partial charge in [0.1, 0.15) is 18.7 Å². The number of aliphatic hydroxyl groups is 1. The van der Waals surface area contributed by atoms with Crippen molar-refractivity contribution in [2.45, 2.75) is 57.1 Å². The highest BCUT2D eigenvalue weighted by atomic mass is 32.2. The highest BCUT2D eigenvalue weighted by molar-refractivity contribution is 8.15. The van der Waals surface area contributed by atoms with Crippen LogP contribution in [-0.2, 0) is 16.0 Å². The third-order valence-electron chi connectivity index (χ3n) is 7.79. The van der Waals surface area contributed by atoms with Gasteiger partial charge in [0.2, 0.25) is 5.91 Å². The van der Waals surface area contributed by atoms with Crippen molar-refractivity contribution in [1.29, 1.82) is 0 Å². The standard InChI is InChI=1S/C35H39N5O4S/c1-23(2)30-34(44)39(28(25-14-9-6-10-15-25)20-40(30)33(43)26-16-11-17-36-19-26)21-29(41)38-27(18-24-12-7-5-8-13-24)31(42)32-37-22-35(3,4)45-32/h5-17,19-20,23,27,30-31,42H,18,21-22H2,1-4H3,(H,38,41)/t27-,30?,31?/m0/s1. The number of hydrogen-bond acceptors (Lipinski definition) is 7. The van der Waals surface area contributed by atoms with E-state index >= 15 is 0 Å². The molecule has 3 amide bonds. The van der Waals surface area contributed by atoms with Crippen LogP contribution < -0.4 is 5.32 Å². The Labute approximate surface area is 268 Å². The van der Waals surface area contributed by atoms with Gasteiger partial charge in [-0.1, -0.05) is 74.5 Å². The molecule has 9 nitrogen and oxygen atoms in total. The first-order valence-electron chi connectivity index (χ1n) is 15.1. The first kappa shape index (κ1) is 32.1. The van der Waals surface area contributed by atoms with Crippen molar-refractivity contribution in [3.63, 3.8) is 0 Å². The summed E-state index contributed by atoms with van der Waals surface area (Å²) in [5, 5.41) is 15.1. The van der Waals surface area contributed by atoms with Gasteiger partial charge in [0.15, 0.2) is 0 Å². The second kappa shape index (κ2) is 13.8. The highest BCUT2D eigenvalue weighted by Crippen LogP contribution is 2.34. The van der Waals surface area contributed by atoms with Gasteiger partial charge in [-0.25, -0.2) is 0 Å². The summed E-state index contributed by atoms with van der Waals surface area (Å²) >= 11 is 1.51. The van der Waals surface area contributed by atoms with E-state index in [1.807, 2.05) is 74.5 Å². The summed E-state index contributed by atoms with van der Waals surface area (Å²) in [6, 6.07) is 20.7. The van der Waals surface area contributed by atoms with Crippen molar-refractivity contribution in [2.75, 3.05) is 13.1 Å². The molecule has 0 spiro atoms. The lowest BCUT2D eigenvalue weighted by molar-refractivity contribution is -0.138. The number of nitrogens with one attached hydrogen (secondary N) is 1. The average molecular weight is 626 g/mol. The van der Waals surface area contributed by atoms with Gasteiger partial charge in [-0.2, -0.15) is 0 Å². The Morgan fingerprint density at radius 2 is 1.73 bits per heavy atom. The number of rotatable bonds is 10. The van der Waals surface area contributed by atoms with E-state index in [1.54, 1.807) is 24.5 Å². The summed E-state index contributed by atoms with van der Waals surface area (Å²) in [6.07, 6.45) is 4.09. The maximum Gasteiger partial charge on any atom is 0.260 e. The average Bonchev–Trinajstić information content (AvgIpc) is 3.41. The lowest BCUT2D eigenvalue weighted by Crippen LogP contribution is -2.57. The van der Waals surface area contributed by atoms with E-state index in [4.69, 9.17) is 0 Å². The van der Waals surface area contributed by atoms with Crippen molar-refractivity contribution in [3.05, 3.63) is 108 Å². The highest BCUT2D eigenvalue weighted by Gasteiger charge is 2.42. The Hall–Kier alpha value is -4.28. The molecule has 2 N–H and O–H groups in total. The maximum atomic E-state index is 14.2. The molecule has 3 aromatic rings. The van der Waals surface area contributed by atoms with Crippen LogP contribution >= 0.6 is 11.8 Å². The normalized spacial score (nSPS) is 19.2. The van der Waals surface area contributed by atoms with Gasteiger partial charge < -0.3 is 15.3 Å². The number of nitrogens with zero attached hydrogens (tertiary/aromatic N) is 4. The van der Waals surface area contributed by atoms with Gasteiger partial charge >= 0.3 is 0 Å². The second-order valence-electron chi connectivity index (χ2n) is 12.3. The zero-order valence-electron chi connectivity index (χ0n) is 26.0. The molecule has 234 valence electrons. The van der Waals surface area contributed by atoms with E-state index in [9.17, 15) is 19.5 Å². The molecular weight excluding hydrogens is 586 g/mol. The second-order valence-corrected chi connectivity index (χ2v) is 14.0. The quantitative estimate of drug-likeness (QED) is 0.345. The van der Waals surface area contributed by atoms with E-state index in [2.05, 4.69) is 29.1 Å². The van der Waals surface area contributed by atoms with Crippen molar-refractivity contribution >= 4 is 40.2 Å². The molecule has 1 aromatic heterocycles. The number of carbonyl (C=O) groups excluding carboxylic acids is 3. The summed E-state index contributed by atoms with van der Waals surface area (Å²) in [4.78, 5) is 53.3. The molecule has 0 fully saturated rings. The van der Waals surface area contributed by atoms with Crippen molar-refractivity contribution < 1.29 is 19.5 Å². The number of benzene rings is 2. The van der Waals surface area contributed by atoms with Crippen molar-refractivity contribution in [3.8, 4) is 0 Å². The first-order valence-corrected chi connectivity index (χ1v) is 15.9. The fourth-order valence-electron chi connectivity index (χ4n) is 5.56. The molecular formula is C35H39N5O4S. The van der Waals surface area contributed by atoms with Crippen LogP contribution in [0.3, 0.4) is 0 Å².